The van der Waals surface area contributed by atoms with Gasteiger partial charge in [0.15, 0.2) is 17.3 Å². The van der Waals surface area contributed by atoms with Crippen LogP contribution in [0.5, 0.6) is 5.75 Å². The molecule has 0 N–H and O–H groups in total. The van der Waals surface area contributed by atoms with Crippen molar-refractivity contribution >= 4 is 5.97 Å². The van der Waals surface area contributed by atoms with Crippen molar-refractivity contribution in [1.82, 2.24) is 15.0 Å². The van der Waals surface area contributed by atoms with Gasteiger partial charge in [0.2, 0.25) is 0 Å². The summed E-state index contributed by atoms with van der Waals surface area (Å²) in [4.78, 5) is 13.4. The number of carbonyl (C=O) groups excluding carboxylic acids is 1. The molecule has 3 rings (SSSR count). The Morgan fingerprint density at radius 2 is 2.00 bits per heavy atom. The van der Waals surface area contributed by atoms with E-state index in [9.17, 15) is 9.18 Å². The third-order valence-corrected chi connectivity index (χ3v) is 3.27. The van der Waals surface area contributed by atoms with Crippen LogP contribution in [-0.4, -0.2) is 28.1 Å². The molecule has 122 valence electrons. The first-order chi connectivity index (χ1) is 11.7. The van der Waals surface area contributed by atoms with Gasteiger partial charge in [-0.1, -0.05) is 24.3 Å². The Kier molecular flexibility index (Phi) is 4.51. The number of nitrogens with zero attached hydrogens (tertiary/aromatic N) is 3. The summed E-state index contributed by atoms with van der Waals surface area (Å²) >= 11 is 0. The Labute approximate surface area is 137 Å². The molecule has 0 saturated heterocycles. The molecule has 0 aliphatic carbocycles. The van der Waals surface area contributed by atoms with E-state index < -0.39 is 11.8 Å². The monoisotopic (exact) mass is 327 g/mol. The van der Waals surface area contributed by atoms with Crippen molar-refractivity contribution in [3.05, 3.63) is 71.8 Å². The van der Waals surface area contributed by atoms with E-state index in [0.717, 1.165) is 5.69 Å². The molecule has 0 spiro atoms. The van der Waals surface area contributed by atoms with Crippen molar-refractivity contribution in [3.63, 3.8) is 0 Å². The van der Waals surface area contributed by atoms with Gasteiger partial charge in [-0.25, -0.2) is 9.18 Å². The Morgan fingerprint density at radius 3 is 2.71 bits per heavy atom. The smallest absolute Gasteiger partial charge is 0.360 e. The molecule has 0 aliphatic heterocycles. The van der Waals surface area contributed by atoms with Crippen molar-refractivity contribution in [1.29, 1.82) is 0 Å². The normalized spacial score (nSPS) is 10.4. The summed E-state index contributed by atoms with van der Waals surface area (Å²) in [5.41, 5.74) is 1.32. The lowest BCUT2D eigenvalue weighted by atomic mass is 10.2. The number of benzene rings is 2. The molecular weight excluding hydrogens is 313 g/mol. The van der Waals surface area contributed by atoms with Crippen molar-refractivity contribution in [2.45, 2.75) is 6.61 Å². The number of aromatic nitrogens is 3. The van der Waals surface area contributed by atoms with Gasteiger partial charge in [0.05, 0.1) is 19.0 Å². The van der Waals surface area contributed by atoms with Crippen LogP contribution in [0.4, 0.5) is 4.39 Å². The molecule has 0 bridgehead atoms. The highest BCUT2D eigenvalue weighted by atomic mass is 19.1. The van der Waals surface area contributed by atoms with Gasteiger partial charge >= 0.3 is 5.97 Å². The molecule has 1 aromatic heterocycles. The zero-order valence-corrected chi connectivity index (χ0v) is 12.8. The van der Waals surface area contributed by atoms with E-state index in [4.69, 9.17) is 9.47 Å². The van der Waals surface area contributed by atoms with Gasteiger partial charge < -0.3 is 9.47 Å². The van der Waals surface area contributed by atoms with Gasteiger partial charge in [-0.3, -0.25) is 0 Å². The summed E-state index contributed by atoms with van der Waals surface area (Å²) in [6, 6.07) is 13.5. The summed E-state index contributed by atoms with van der Waals surface area (Å²) in [5.74, 6) is -1.01. The van der Waals surface area contributed by atoms with Crippen molar-refractivity contribution in [3.8, 4) is 11.4 Å². The van der Waals surface area contributed by atoms with Crippen LogP contribution in [0.2, 0.25) is 0 Å². The molecule has 3 aromatic rings. The van der Waals surface area contributed by atoms with Crippen LogP contribution in [0.25, 0.3) is 5.69 Å². The van der Waals surface area contributed by atoms with Crippen LogP contribution in [-0.2, 0) is 11.3 Å². The highest BCUT2D eigenvalue weighted by molar-refractivity contribution is 5.86. The average molecular weight is 327 g/mol. The van der Waals surface area contributed by atoms with Crippen molar-refractivity contribution < 1.29 is 18.7 Å². The van der Waals surface area contributed by atoms with E-state index in [0.29, 0.717) is 5.56 Å². The number of halogens is 1. The van der Waals surface area contributed by atoms with Gasteiger partial charge in [-0.2, -0.15) is 9.90 Å². The maximum atomic E-state index is 13.6. The summed E-state index contributed by atoms with van der Waals surface area (Å²) in [6.45, 7) is -0.0715. The van der Waals surface area contributed by atoms with Crippen LogP contribution in [0.3, 0.4) is 0 Å². The summed E-state index contributed by atoms with van der Waals surface area (Å²) in [5, 5.41) is 8.10. The number of ether oxygens (including phenoxy) is 2. The summed E-state index contributed by atoms with van der Waals surface area (Å²) in [6.07, 6.45) is 1.32. The third-order valence-electron chi connectivity index (χ3n) is 3.27. The minimum atomic E-state index is -0.631. The standard InChI is InChI=1S/C17H14FN3O3/c1-23-16-8-7-12(9-14(16)18)11-24-17(22)15-10-19-21(20-15)13-5-3-2-4-6-13/h2-10H,11H2,1H3. The van der Waals surface area contributed by atoms with Gasteiger partial charge in [-0.15, -0.1) is 5.10 Å². The zero-order chi connectivity index (χ0) is 16.9. The molecule has 0 saturated carbocycles. The van der Waals surface area contributed by atoms with Crippen LogP contribution in [0.15, 0.2) is 54.7 Å². The average Bonchev–Trinajstić information content (AvgIpc) is 3.11. The molecule has 0 amide bonds. The maximum Gasteiger partial charge on any atom is 0.360 e. The highest BCUT2D eigenvalue weighted by Crippen LogP contribution is 2.18. The Morgan fingerprint density at radius 1 is 1.21 bits per heavy atom. The van der Waals surface area contributed by atoms with E-state index in [1.165, 1.54) is 30.2 Å². The van der Waals surface area contributed by atoms with Crippen LogP contribution >= 0.6 is 0 Å². The van der Waals surface area contributed by atoms with E-state index in [2.05, 4.69) is 10.2 Å². The predicted molar refractivity (Wildman–Crippen MR) is 83.4 cm³/mol. The van der Waals surface area contributed by atoms with Crippen molar-refractivity contribution in [2.24, 2.45) is 0 Å². The first kappa shape index (κ1) is 15.7. The molecule has 7 heteroatoms. The molecule has 0 atom stereocenters. The molecule has 0 fully saturated rings. The van der Waals surface area contributed by atoms with Gasteiger partial charge in [0, 0.05) is 0 Å². The minimum absolute atomic E-state index is 0.0715. The Hall–Kier alpha value is -3.22. The number of esters is 1. The first-order valence-electron chi connectivity index (χ1n) is 7.14. The lowest BCUT2D eigenvalue weighted by molar-refractivity contribution is 0.0464. The lowest BCUT2D eigenvalue weighted by Gasteiger charge is -2.05. The second kappa shape index (κ2) is 6.91. The molecule has 0 radical (unpaired) electrons. The van der Waals surface area contributed by atoms with E-state index in [1.54, 1.807) is 6.07 Å². The number of carbonyl (C=O) groups is 1. The fraction of sp³-hybridized carbons (Fsp3) is 0.118. The van der Waals surface area contributed by atoms with Gasteiger partial charge in [-0.05, 0) is 29.8 Å². The SMILES string of the molecule is COc1ccc(COC(=O)c2cnn(-c3ccccc3)n2)cc1F. The fourth-order valence-corrected chi connectivity index (χ4v) is 2.06. The molecular formula is C17H14FN3O3. The number of para-hydroxylation sites is 1. The van der Waals surface area contributed by atoms with Crippen LogP contribution in [0, 0.1) is 5.82 Å². The number of hydrogen-bond acceptors (Lipinski definition) is 5. The summed E-state index contributed by atoms with van der Waals surface area (Å²) < 4.78 is 23.6. The predicted octanol–water partition coefficient (Wildman–Crippen LogP) is 2.77. The van der Waals surface area contributed by atoms with Crippen LogP contribution in [0.1, 0.15) is 16.1 Å². The second-order valence-corrected chi connectivity index (χ2v) is 4.90. The van der Waals surface area contributed by atoms with Crippen LogP contribution < -0.4 is 4.74 Å². The quantitative estimate of drug-likeness (QED) is 0.674. The van der Waals surface area contributed by atoms with E-state index in [-0.39, 0.29) is 18.1 Å². The van der Waals surface area contributed by atoms with Gasteiger partial charge in [0.1, 0.15) is 6.61 Å². The third kappa shape index (κ3) is 3.40. The second-order valence-electron chi connectivity index (χ2n) is 4.90. The molecule has 2 aromatic carbocycles. The molecule has 0 unspecified atom stereocenters. The first-order valence-corrected chi connectivity index (χ1v) is 7.14. The highest BCUT2D eigenvalue weighted by Gasteiger charge is 2.13. The number of methoxy groups -OCH3 is 1. The van der Waals surface area contributed by atoms with Gasteiger partial charge in [0.25, 0.3) is 0 Å². The largest absolute Gasteiger partial charge is 0.494 e. The maximum absolute atomic E-state index is 13.6. The molecule has 24 heavy (non-hydrogen) atoms. The zero-order valence-electron chi connectivity index (χ0n) is 12.8. The number of rotatable bonds is 5. The minimum Gasteiger partial charge on any atom is -0.494 e. The fourth-order valence-electron chi connectivity index (χ4n) is 2.06. The molecule has 1 heterocycles. The molecule has 0 aliphatic rings. The van der Waals surface area contributed by atoms with Crippen molar-refractivity contribution in [2.75, 3.05) is 7.11 Å². The van der Waals surface area contributed by atoms with E-state index in [1.807, 2.05) is 30.3 Å². The Balaban J connectivity index is 1.65. The Bertz CT molecular complexity index is 849. The van der Waals surface area contributed by atoms with E-state index >= 15 is 0 Å². The number of hydrogen-bond donors (Lipinski definition) is 0. The topological polar surface area (TPSA) is 66.2 Å². The molecule has 6 nitrogen and oxygen atoms in total. The summed E-state index contributed by atoms with van der Waals surface area (Å²) in [7, 11) is 1.38. The lowest BCUT2D eigenvalue weighted by Crippen LogP contribution is -2.07.